The van der Waals surface area contributed by atoms with Crippen LogP contribution in [0.4, 0.5) is 0 Å². The number of fused-ring (bicyclic) bond motifs is 1. The van der Waals surface area contributed by atoms with Crippen LogP contribution in [0.3, 0.4) is 0 Å². The smallest absolute Gasteiger partial charge is 0.120 e. The highest BCUT2D eigenvalue weighted by atomic mass is 16.5. The minimum absolute atomic E-state index is 0.214. The van der Waals surface area contributed by atoms with Crippen LogP contribution < -0.4 is 10.1 Å². The van der Waals surface area contributed by atoms with Gasteiger partial charge in [-0.3, -0.25) is 0 Å². The van der Waals surface area contributed by atoms with E-state index < -0.39 is 0 Å². The average molecular weight is 260 g/mol. The number of nitrogens with zero attached hydrogens (tertiary/aromatic N) is 1. The second-order valence-corrected chi connectivity index (χ2v) is 5.21. The molecule has 0 aliphatic rings. The molecule has 0 atom stereocenters. The fourth-order valence-electron chi connectivity index (χ4n) is 2.40. The Bertz CT molecular complexity index is 543. The van der Waals surface area contributed by atoms with Crippen molar-refractivity contribution in [2.24, 2.45) is 7.05 Å². The Balaban J connectivity index is 2.29. The first kappa shape index (κ1) is 13.9. The van der Waals surface area contributed by atoms with E-state index in [1.165, 1.54) is 16.5 Å². The lowest BCUT2D eigenvalue weighted by Crippen LogP contribution is -2.15. The van der Waals surface area contributed by atoms with Gasteiger partial charge in [0.2, 0.25) is 0 Å². The average Bonchev–Trinajstić information content (AvgIpc) is 2.66. The van der Waals surface area contributed by atoms with Gasteiger partial charge in [-0.2, -0.15) is 0 Å². The van der Waals surface area contributed by atoms with Gasteiger partial charge < -0.3 is 14.6 Å². The maximum atomic E-state index is 5.79. The van der Waals surface area contributed by atoms with Crippen LogP contribution in [0.25, 0.3) is 10.9 Å². The lowest BCUT2D eigenvalue weighted by molar-refractivity contribution is 0.243. The van der Waals surface area contributed by atoms with Crippen LogP contribution in [-0.2, 0) is 13.5 Å². The molecule has 0 radical (unpaired) electrons. The minimum Gasteiger partial charge on any atom is -0.491 e. The van der Waals surface area contributed by atoms with Crippen molar-refractivity contribution in [3.8, 4) is 5.75 Å². The number of rotatable bonds is 6. The topological polar surface area (TPSA) is 26.2 Å². The van der Waals surface area contributed by atoms with Crippen molar-refractivity contribution in [2.75, 3.05) is 13.1 Å². The molecule has 2 aromatic rings. The lowest BCUT2D eigenvalue weighted by Gasteiger charge is -2.10. The number of aryl methyl sites for hydroxylation is 1. The summed E-state index contributed by atoms with van der Waals surface area (Å²) >= 11 is 0. The molecule has 1 heterocycles. The highest BCUT2D eigenvalue weighted by Crippen LogP contribution is 2.26. The van der Waals surface area contributed by atoms with Gasteiger partial charge in [-0.15, -0.1) is 0 Å². The Morgan fingerprint density at radius 1 is 1.32 bits per heavy atom. The second kappa shape index (κ2) is 6.11. The number of likely N-dealkylation sites (N-methyl/N-ethyl adjacent to an activating group) is 1. The van der Waals surface area contributed by atoms with Crippen molar-refractivity contribution in [3.63, 3.8) is 0 Å². The van der Waals surface area contributed by atoms with E-state index in [0.717, 1.165) is 25.3 Å². The monoisotopic (exact) mass is 260 g/mol. The van der Waals surface area contributed by atoms with E-state index >= 15 is 0 Å². The van der Waals surface area contributed by atoms with Gasteiger partial charge in [-0.05, 0) is 57.1 Å². The fourth-order valence-corrected chi connectivity index (χ4v) is 2.40. The number of nitrogens with one attached hydrogen (secondary N) is 1. The summed E-state index contributed by atoms with van der Waals surface area (Å²) in [5, 5.41) is 4.68. The molecule has 0 unspecified atom stereocenters. The Morgan fingerprint density at radius 3 is 2.79 bits per heavy atom. The summed E-state index contributed by atoms with van der Waals surface area (Å²) in [5.74, 6) is 0.957. The van der Waals surface area contributed by atoms with Crippen molar-refractivity contribution in [1.29, 1.82) is 0 Å². The van der Waals surface area contributed by atoms with Crippen molar-refractivity contribution < 1.29 is 4.74 Å². The van der Waals surface area contributed by atoms with E-state index in [0.29, 0.717) is 0 Å². The molecule has 1 aromatic carbocycles. The van der Waals surface area contributed by atoms with Crippen LogP contribution in [-0.4, -0.2) is 23.8 Å². The molecule has 0 saturated heterocycles. The lowest BCUT2D eigenvalue weighted by atomic mass is 10.1. The van der Waals surface area contributed by atoms with Gasteiger partial charge in [0.15, 0.2) is 0 Å². The molecule has 3 nitrogen and oxygen atoms in total. The SMILES string of the molecule is CCNCCc1cn(C)c2ccc(OC(C)C)cc12. The summed E-state index contributed by atoms with van der Waals surface area (Å²) in [5.41, 5.74) is 2.65. The van der Waals surface area contributed by atoms with Crippen LogP contribution in [0.15, 0.2) is 24.4 Å². The van der Waals surface area contributed by atoms with Gasteiger partial charge in [-0.25, -0.2) is 0 Å². The normalized spacial score (nSPS) is 11.4. The summed E-state index contributed by atoms with van der Waals surface area (Å²) in [7, 11) is 2.10. The van der Waals surface area contributed by atoms with E-state index in [1.54, 1.807) is 0 Å². The molecule has 0 amide bonds. The zero-order valence-electron chi connectivity index (χ0n) is 12.4. The van der Waals surface area contributed by atoms with Crippen LogP contribution in [0.2, 0.25) is 0 Å². The first-order valence-corrected chi connectivity index (χ1v) is 7.07. The Morgan fingerprint density at radius 2 is 2.11 bits per heavy atom. The first-order valence-electron chi connectivity index (χ1n) is 7.07. The molecule has 19 heavy (non-hydrogen) atoms. The van der Waals surface area contributed by atoms with E-state index in [9.17, 15) is 0 Å². The van der Waals surface area contributed by atoms with Crippen LogP contribution in [0, 0.1) is 0 Å². The predicted molar refractivity (Wildman–Crippen MR) is 80.9 cm³/mol. The molecule has 104 valence electrons. The summed E-state index contributed by atoms with van der Waals surface area (Å²) in [6.07, 6.45) is 3.49. The predicted octanol–water partition coefficient (Wildman–Crippen LogP) is 3.12. The second-order valence-electron chi connectivity index (χ2n) is 5.21. The highest BCUT2D eigenvalue weighted by Gasteiger charge is 2.08. The molecular formula is C16H24N2O. The molecule has 0 fully saturated rings. The summed E-state index contributed by atoms with van der Waals surface area (Å²) in [6.45, 7) is 8.29. The van der Waals surface area contributed by atoms with Crippen LogP contribution >= 0.6 is 0 Å². The molecule has 0 aliphatic carbocycles. The van der Waals surface area contributed by atoms with Gasteiger partial charge in [0.25, 0.3) is 0 Å². The zero-order valence-corrected chi connectivity index (χ0v) is 12.4. The summed E-state index contributed by atoms with van der Waals surface area (Å²) < 4.78 is 7.98. The molecule has 0 saturated carbocycles. The third-order valence-corrected chi connectivity index (χ3v) is 3.24. The maximum Gasteiger partial charge on any atom is 0.120 e. The molecule has 1 N–H and O–H groups in total. The van der Waals surface area contributed by atoms with Gasteiger partial charge in [0.05, 0.1) is 6.10 Å². The number of aromatic nitrogens is 1. The maximum absolute atomic E-state index is 5.79. The van der Waals surface area contributed by atoms with Gasteiger partial charge >= 0.3 is 0 Å². The van der Waals surface area contributed by atoms with Crippen molar-refractivity contribution in [3.05, 3.63) is 30.0 Å². The zero-order chi connectivity index (χ0) is 13.8. The van der Waals surface area contributed by atoms with Gasteiger partial charge in [0.1, 0.15) is 5.75 Å². The van der Waals surface area contributed by atoms with E-state index in [2.05, 4.69) is 62.1 Å². The number of hydrogen-bond acceptors (Lipinski definition) is 2. The van der Waals surface area contributed by atoms with Crippen LogP contribution in [0.5, 0.6) is 5.75 Å². The van der Waals surface area contributed by atoms with Gasteiger partial charge in [-0.1, -0.05) is 6.92 Å². The highest BCUT2D eigenvalue weighted by molar-refractivity contribution is 5.85. The molecule has 0 spiro atoms. The molecule has 2 rings (SSSR count). The number of ether oxygens (including phenoxy) is 1. The number of benzene rings is 1. The molecule has 0 aliphatic heterocycles. The number of hydrogen-bond donors (Lipinski definition) is 1. The first-order chi connectivity index (χ1) is 9.11. The minimum atomic E-state index is 0.214. The van der Waals surface area contributed by atoms with Crippen molar-refractivity contribution in [2.45, 2.75) is 33.3 Å². The molecule has 3 heteroatoms. The largest absolute Gasteiger partial charge is 0.491 e. The standard InChI is InChI=1S/C16H24N2O/c1-5-17-9-8-13-11-18(4)16-7-6-14(10-15(13)16)19-12(2)3/h6-7,10-12,17H,5,8-9H2,1-4H3. The molecule has 1 aromatic heterocycles. The third kappa shape index (κ3) is 3.29. The van der Waals surface area contributed by atoms with Crippen molar-refractivity contribution in [1.82, 2.24) is 9.88 Å². The van der Waals surface area contributed by atoms with E-state index in [4.69, 9.17) is 4.74 Å². The van der Waals surface area contributed by atoms with Crippen LogP contribution in [0.1, 0.15) is 26.3 Å². The molecule has 0 bridgehead atoms. The van der Waals surface area contributed by atoms with Crippen molar-refractivity contribution >= 4 is 10.9 Å². The Labute approximate surface area is 115 Å². The summed E-state index contributed by atoms with van der Waals surface area (Å²) in [6, 6.07) is 6.36. The Hall–Kier alpha value is -1.48. The summed E-state index contributed by atoms with van der Waals surface area (Å²) in [4.78, 5) is 0. The van der Waals surface area contributed by atoms with Gasteiger partial charge in [0, 0.05) is 24.1 Å². The fraction of sp³-hybridized carbons (Fsp3) is 0.500. The quantitative estimate of drug-likeness (QED) is 0.808. The Kier molecular flexibility index (Phi) is 4.48. The third-order valence-electron chi connectivity index (χ3n) is 3.24. The van der Waals surface area contributed by atoms with E-state index in [-0.39, 0.29) is 6.10 Å². The van der Waals surface area contributed by atoms with E-state index in [1.807, 2.05) is 0 Å². The molecular weight excluding hydrogens is 236 g/mol.